The summed E-state index contributed by atoms with van der Waals surface area (Å²) in [7, 11) is 1.62. The minimum Gasteiger partial charge on any atom is -0.481 e. The summed E-state index contributed by atoms with van der Waals surface area (Å²) < 4.78 is 5.01. The molecule has 0 saturated heterocycles. The maximum absolute atomic E-state index is 5.01. The predicted molar refractivity (Wildman–Crippen MR) is 61.2 cm³/mol. The fourth-order valence-electron chi connectivity index (χ4n) is 1.73. The summed E-state index contributed by atoms with van der Waals surface area (Å²) in [5, 5.41) is 3.43. The van der Waals surface area contributed by atoms with Gasteiger partial charge in [-0.3, -0.25) is 0 Å². The lowest BCUT2D eigenvalue weighted by Crippen LogP contribution is -2.18. The van der Waals surface area contributed by atoms with Crippen molar-refractivity contribution in [3.8, 4) is 5.88 Å². The Labute approximate surface area is 90.2 Å². The molecule has 0 fully saturated rings. The second-order valence-corrected chi connectivity index (χ2v) is 3.70. The zero-order valence-corrected chi connectivity index (χ0v) is 8.94. The molecule has 1 aliphatic carbocycles. The number of rotatable bonds is 3. The van der Waals surface area contributed by atoms with Crippen LogP contribution in [-0.2, 0) is 0 Å². The van der Waals surface area contributed by atoms with Crippen molar-refractivity contribution in [3.63, 3.8) is 0 Å². The molecule has 2 rings (SSSR count). The molecule has 0 amide bonds. The Morgan fingerprint density at radius 3 is 3.00 bits per heavy atom. The van der Waals surface area contributed by atoms with E-state index in [9.17, 15) is 0 Å². The highest BCUT2D eigenvalue weighted by atomic mass is 16.5. The van der Waals surface area contributed by atoms with Gasteiger partial charge in [-0.25, -0.2) is 4.98 Å². The van der Waals surface area contributed by atoms with Gasteiger partial charge in [0.1, 0.15) is 0 Å². The van der Waals surface area contributed by atoms with E-state index >= 15 is 0 Å². The van der Waals surface area contributed by atoms with Gasteiger partial charge in [-0.05, 0) is 25.3 Å². The lowest BCUT2D eigenvalue weighted by atomic mass is 10.0. The van der Waals surface area contributed by atoms with Crippen molar-refractivity contribution in [2.45, 2.75) is 25.3 Å². The summed E-state index contributed by atoms with van der Waals surface area (Å²) in [5.74, 6) is 0.653. The van der Waals surface area contributed by atoms with E-state index in [0.29, 0.717) is 11.9 Å². The number of ether oxygens (including phenoxy) is 1. The Morgan fingerprint density at radius 1 is 1.47 bits per heavy atom. The Kier molecular flexibility index (Phi) is 3.22. The Bertz CT molecular complexity index is 332. The number of anilines is 1. The molecule has 1 aromatic heterocycles. The van der Waals surface area contributed by atoms with Gasteiger partial charge in [0.15, 0.2) is 0 Å². The third-order valence-corrected chi connectivity index (χ3v) is 2.55. The molecule has 3 heteroatoms. The van der Waals surface area contributed by atoms with Crippen LogP contribution in [0.25, 0.3) is 0 Å². The van der Waals surface area contributed by atoms with Crippen LogP contribution in [0.1, 0.15) is 19.3 Å². The molecule has 3 nitrogen and oxygen atoms in total. The number of pyridine rings is 1. The van der Waals surface area contributed by atoms with E-state index in [2.05, 4.69) is 22.5 Å². The van der Waals surface area contributed by atoms with Crippen LogP contribution in [0.5, 0.6) is 5.88 Å². The van der Waals surface area contributed by atoms with E-state index in [4.69, 9.17) is 4.74 Å². The van der Waals surface area contributed by atoms with Gasteiger partial charge in [-0.2, -0.15) is 0 Å². The van der Waals surface area contributed by atoms with Crippen molar-refractivity contribution >= 4 is 5.69 Å². The van der Waals surface area contributed by atoms with Crippen molar-refractivity contribution in [2.75, 3.05) is 12.4 Å². The van der Waals surface area contributed by atoms with E-state index < -0.39 is 0 Å². The molecule has 0 spiro atoms. The second kappa shape index (κ2) is 4.82. The predicted octanol–water partition coefficient (Wildman–Crippen LogP) is 2.61. The molecule has 1 aromatic rings. The molecule has 0 radical (unpaired) electrons. The minimum absolute atomic E-state index is 0.453. The van der Waals surface area contributed by atoms with Gasteiger partial charge in [0, 0.05) is 12.1 Å². The van der Waals surface area contributed by atoms with Crippen molar-refractivity contribution in [1.29, 1.82) is 0 Å². The summed E-state index contributed by atoms with van der Waals surface area (Å²) in [4.78, 5) is 4.15. The van der Waals surface area contributed by atoms with Gasteiger partial charge >= 0.3 is 0 Å². The zero-order chi connectivity index (χ0) is 10.5. The highest BCUT2D eigenvalue weighted by molar-refractivity contribution is 5.44. The van der Waals surface area contributed by atoms with Crippen LogP contribution in [0.4, 0.5) is 5.69 Å². The zero-order valence-electron chi connectivity index (χ0n) is 8.94. The molecule has 0 aromatic carbocycles. The van der Waals surface area contributed by atoms with E-state index in [1.54, 1.807) is 13.3 Å². The molecular weight excluding hydrogens is 188 g/mol. The van der Waals surface area contributed by atoms with Crippen LogP contribution in [0.15, 0.2) is 30.5 Å². The topological polar surface area (TPSA) is 34.1 Å². The smallest absolute Gasteiger partial charge is 0.213 e. The first-order valence-corrected chi connectivity index (χ1v) is 5.32. The molecule has 1 aliphatic rings. The molecule has 80 valence electrons. The third-order valence-electron chi connectivity index (χ3n) is 2.55. The summed E-state index contributed by atoms with van der Waals surface area (Å²) in [5.41, 5.74) is 1.05. The van der Waals surface area contributed by atoms with E-state index in [1.165, 1.54) is 19.3 Å². The van der Waals surface area contributed by atoms with Gasteiger partial charge in [0.25, 0.3) is 0 Å². The first kappa shape index (κ1) is 10.0. The van der Waals surface area contributed by atoms with Crippen LogP contribution < -0.4 is 10.1 Å². The molecular formula is C12H16N2O. The third kappa shape index (κ3) is 2.72. The number of nitrogens with one attached hydrogen (secondary N) is 1. The van der Waals surface area contributed by atoms with Crippen LogP contribution in [0.2, 0.25) is 0 Å². The quantitative estimate of drug-likeness (QED) is 0.768. The van der Waals surface area contributed by atoms with Crippen molar-refractivity contribution in [3.05, 3.63) is 30.5 Å². The van der Waals surface area contributed by atoms with Gasteiger partial charge < -0.3 is 10.1 Å². The highest BCUT2D eigenvalue weighted by Crippen LogP contribution is 2.17. The average molecular weight is 204 g/mol. The molecule has 15 heavy (non-hydrogen) atoms. The number of aromatic nitrogens is 1. The summed E-state index contributed by atoms with van der Waals surface area (Å²) in [6.45, 7) is 0. The standard InChI is InChI=1S/C12H16N2O/c1-15-12-8-7-11(9-13-12)14-10-5-3-2-4-6-10/h3,5,7-10,14H,2,4,6H2,1H3. The molecule has 0 saturated carbocycles. The van der Waals surface area contributed by atoms with Gasteiger partial charge in [0.05, 0.1) is 19.0 Å². The summed E-state index contributed by atoms with van der Waals surface area (Å²) in [6.07, 6.45) is 9.94. The van der Waals surface area contributed by atoms with Gasteiger partial charge in [-0.1, -0.05) is 12.2 Å². The molecule has 1 unspecified atom stereocenters. The maximum atomic E-state index is 5.01. The van der Waals surface area contributed by atoms with Crippen LogP contribution in [0, 0.1) is 0 Å². The Hall–Kier alpha value is -1.51. The van der Waals surface area contributed by atoms with E-state index in [0.717, 1.165) is 5.69 Å². The SMILES string of the molecule is COc1ccc(NC2C=CCCC2)cn1. The summed E-state index contributed by atoms with van der Waals surface area (Å²) in [6, 6.07) is 4.32. The fraction of sp³-hybridized carbons (Fsp3) is 0.417. The number of allylic oxidation sites excluding steroid dienone is 1. The number of nitrogens with zero attached hydrogens (tertiary/aromatic N) is 1. The highest BCUT2D eigenvalue weighted by Gasteiger charge is 2.07. The largest absolute Gasteiger partial charge is 0.481 e. The fourth-order valence-corrected chi connectivity index (χ4v) is 1.73. The van der Waals surface area contributed by atoms with Crippen LogP contribution in [0.3, 0.4) is 0 Å². The monoisotopic (exact) mass is 204 g/mol. The lowest BCUT2D eigenvalue weighted by Gasteiger charge is -2.18. The first-order chi connectivity index (χ1) is 7.38. The molecule has 1 N–H and O–H groups in total. The average Bonchev–Trinajstić information content (AvgIpc) is 2.31. The second-order valence-electron chi connectivity index (χ2n) is 3.70. The molecule has 1 atom stereocenters. The number of hydrogen-bond acceptors (Lipinski definition) is 3. The summed E-state index contributed by atoms with van der Waals surface area (Å²) >= 11 is 0. The molecule has 1 heterocycles. The minimum atomic E-state index is 0.453. The number of methoxy groups -OCH3 is 1. The normalized spacial score (nSPS) is 19.9. The van der Waals surface area contributed by atoms with Crippen molar-refractivity contribution in [1.82, 2.24) is 4.98 Å². The van der Waals surface area contributed by atoms with E-state index in [-0.39, 0.29) is 0 Å². The van der Waals surface area contributed by atoms with Crippen LogP contribution in [-0.4, -0.2) is 18.1 Å². The number of hydrogen-bond donors (Lipinski definition) is 1. The van der Waals surface area contributed by atoms with Gasteiger partial charge in [0.2, 0.25) is 5.88 Å². The molecule has 0 bridgehead atoms. The van der Waals surface area contributed by atoms with E-state index in [1.807, 2.05) is 12.1 Å². The van der Waals surface area contributed by atoms with Crippen molar-refractivity contribution in [2.24, 2.45) is 0 Å². The first-order valence-electron chi connectivity index (χ1n) is 5.32. The molecule has 0 aliphatic heterocycles. The Morgan fingerprint density at radius 2 is 2.40 bits per heavy atom. The lowest BCUT2D eigenvalue weighted by molar-refractivity contribution is 0.398. The maximum Gasteiger partial charge on any atom is 0.213 e. The van der Waals surface area contributed by atoms with Gasteiger partial charge in [-0.15, -0.1) is 0 Å². The Balaban J connectivity index is 1.97. The van der Waals surface area contributed by atoms with Crippen LogP contribution >= 0.6 is 0 Å². The van der Waals surface area contributed by atoms with Crippen molar-refractivity contribution < 1.29 is 4.74 Å².